The molecule has 1 unspecified atom stereocenters. The van der Waals surface area contributed by atoms with Gasteiger partial charge in [0, 0.05) is 0 Å². The van der Waals surface area contributed by atoms with Crippen molar-refractivity contribution < 1.29 is 9.53 Å². The highest BCUT2D eigenvalue weighted by molar-refractivity contribution is 6.21. The van der Waals surface area contributed by atoms with Crippen LogP contribution in [0.1, 0.15) is 26.9 Å². The fourth-order valence-electron chi connectivity index (χ4n) is 2.41. The van der Waals surface area contributed by atoms with Gasteiger partial charge in [-0.3, -0.25) is 4.79 Å². The second kappa shape index (κ2) is 6.19. The molecule has 0 bridgehead atoms. The number of fused-ring (bicyclic) bond motifs is 1. The topological polar surface area (TPSA) is 38.3 Å². The van der Waals surface area contributed by atoms with Crippen LogP contribution in [0.3, 0.4) is 0 Å². The third-order valence-electron chi connectivity index (χ3n) is 3.51. The molecular formula is C17H16ClNO2. The van der Waals surface area contributed by atoms with E-state index >= 15 is 0 Å². The quantitative estimate of drug-likeness (QED) is 0.883. The molecule has 108 valence electrons. The largest absolute Gasteiger partial charge is 0.491 e. The molecule has 2 aromatic rings. The Morgan fingerprint density at radius 1 is 1.19 bits per heavy atom. The summed E-state index contributed by atoms with van der Waals surface area (Å²) in [6.45, 7) is 1.02. The van der Waals surface area contributed by atoms with E-state index in [0.717, 1.165) is 12.0 Å². The third kappa shape index (κ3) is 3.19. The molecule has 0 radical (unpaired) electrons. The summed E-state index contributed by atoms with van der Waals surface area (Å²) in [4.78, 5) is 12.0. The number of alkyl halides is 1. The summed E-state index contributed by atoms with van der Waals surface area (Å²) in [7, 11) is 0. The fourth-order valence-corrected chi connectivity index (χ4v) is 2.72. The number of ether oxygens (including phenoxy) is 1. The molecule has 1 aliphatic heterocycles. The predicted octanol–water partition coefficient (Wildman–Crippen LogP) is 3.33. The summed E-state index contributed by atoms with van der Waals surface area (Å²) in [6.07, 6.45) is 0.726. The zero-order valence-electron chi connectivity index (χ0n) is 11.5. The first-order chi connectivity index (χ1) is 10.2. The van der Waals surface area contributed by atoms with Crippen molar-refractivity contribution in [1.29, 1.82) is 0 Å². The standard InChI is InChI=1S/C17H16ClNO2/c18-15(10-12-4-2-1-3-5-12)13-6-7-16-14(11-13)17(20)19-8-9-21-16/h1-7,11,15H,8-10H2,(H,19,20). The highest BCUT2D eigenvalue weighted by Crippen LogP contribution is 2.30. The van der Waals surface area contributed by atoms with Crippen molar-refractivity contribution in [2.75, 3.05) is 13.2 Å². The lowest BCUT2D eigenvalue weighted by Crippen LogP contribution is -2.24. The number of carbonyl (C=O) groups is 1. The van der Waals surface area contributed by atoms with Crippen molar-refractivity contribution in [3.8, 4) is 5.75 Å². The Morgan fingerprint density at radius 3 is 2.81 bits per heavy atom. The number of rotatable bonds is 3. The summed E-state index contributed by atoms with van der Waals surface area (Å²) < 4.78 is 5.55. The van der Waals surface area contributed by atoms with E-state index in [1.54, 1.807) is 0 Å². The Morgan fingerprint density at radius 2 is 2.00 bits per heavy atom. The average Bonchev–Trinajstić information content (AvgIpc) is 2.70. The lowest BCUT2D eigenvalue weighted by atomic mass is 10.0. The van der Waals surface area contributed by atoms with E-state index in [4.69, 9.17) is 16.3 Å². The molecule has 1 N–H and O–H groups in total. The molecule has 3 rings (SSSR count). The Kier molecular flexibility index (Phi) is 4.11. The SMILES string of the molecule is O=C1NCCOc2ccc(C(Cl)Cc3ccccc3)cc21. The minimum atomic E-state index is -0.172. The molecule has 0 aliphatic carbocycles. The molecule has 0 saturated carbocycles. The molecule has 0 fully saturated rings. The van der Waals surface area contributed by atoms with E-state index in [0.29, 0.717) is 24.5 Å². The first-order valence-corrected chi connectivity index (χ1v) is 7.40. The van der Waals surface area contributed by atoms with E-state index < -0.39 is 0 Å². The molecule has 1 heterocycles. The highest BCUT2D eigenvalue weighted by atomic mass is 35.5. The molecule has 21 heavy (non-hydrogen) atoms. The van der Waals surface area contributed by atoms with Crippen molar-refractivity contribution >= 4 is 17.5 Å². The number of carbonyl (C=O) groups excluding carboxylic acids is 1. The molecule has 0 spiro atoms. The summed E-state index contributed by atoms with van der Waals surface area (Å²) in [5.41, 5.74) is 2.66. The molecular weight excluding hydrogens is 286 g/mol. The van der Waals surface area contributed by atoms with Gasteiger partial charge in [0.05, 0.1) is 17.5 Å². The predicted molar refractivity (Wildman–Crippen MR) is 83.0 cm³/mol. The second-order valence-corrected chi connectivity index (χ2v) is 5.54. The van der Waals surface area contributed by atoms with Gasteiger partial charge in [-0.1, -0.05) is 36.4 Å². The molecule has 1 amide bonds. The Bertz CT molecular complexity index is 642. The number of hydrogen-bond donors (Lipinski definition) is 1. The molecule has 3 nitrogen and oxygen atoms in total. The first kappa shape index (κ1) is 14.0. The van der Waals surface area contributed by atoms with Gasteiger partial charge < -0.3 is 10.1 Å². The van der Waals surface area contributed by atoms with Gasteiger partial charge in [-0.25, -0.2) is 0 Å². The normalized spacial score (nSPS) is 15.4. The van der Waals surface area contributed by atoms with E-state index in [-0.39, 0.29) is 11.3 Å². The third-order valence-corrected chi connectivity index (χ3v) is 3.92. The highest BCUT2D eigenvalue weighted by Gasteiger charge is 2.19. The number of nitrogens with one attached hydrogen (secondary N) is 1. The fraction of sp³-hybridized carbons (Fsp3) is 0.235. The van der Waals surface area contributed by atoms with Crippen LogP contribution >= 0.6 is 11.6 Å². The summed E-state index contributed by atoms with van der Waals surface area (Å²) in [5.74, 6) is 0.519. The summed E-state index contributed by atoms with van der Waals surface area (Å²) in [5, 5.41) is 2.64. The zero-order chi connectivity index (χ0) is 14.7. The summed E-state index contributed by atoms with van der Waals surface area (Å²) in [6, 6.07) is 15.7. The first-order valence-electron chi connectivity index (χ1n) is 6.97. The lowest BCUT2D eigenvalue weighted by molar-refractivity contribution is 0.0957. The van der Waals surface area contributed by atoms with Gasteiger partial charge in [0.25, 0.3) is 5.91 Å². The minimum Gasteiger partial charge on any atom is -0.491 e. The molecule has 1 atom stereocenters. The monoisotopic (exact) mass is 301 g/mol. The van der Waals surface area contributed by atoms with Gasteiger partial charge in [-0.05, 0) is 29.7 Å². The van der Waals surface area contributed by atoms with Crippen LogP contribution in [0.25, 0.3) is 0 Å². The molecule has 2 aromatic carbocycles. The van der Waals surface area contributed by atoms with Crippen molar-refractivity contribution in [2.45, 2.75) is 11.8 Å². The molecule has 0 saturated heterocycles. The van der Waals surface area contributed by atoms with Crippen molar-refractivity contribution in [3.63, 3.8) is 0 Å². The Hall–Kier alpha value is -2.00. The molecule has 1 aliphatic rings. The second-order valence-electron chi connectivity index (χ2n) is 5.02. The van der Waals surface area contributed by atoms with Gasteiger partial charge in [0.2, 0.25) is 0 Å². The van der Waals surface area contributed by atoms with E-state index in [1.165, 1.54) is 5.56 Å². The number of benzene rings is 2. The zero-order valence-corrected chi connectivity index (χ0v) is 12.3. The minimum absolute atomic E-state index is 0.104. The van der Waals surface area contributed by atoms with E-state index in [1.807, 2.05) is 36.4 Å². The van der Waals surface area contributed by atoms with Crippen LogP contribution in [0.2, 0.25) is 0 Å². The van der Waals surface area contributed by atoms with Crippen molar-refractivity contribution in [1.82, 2.24) is 5.32 Å². The number of hydrogen-bond acceptors (Lipinski definition) is 2. The van der Waals surface area contributed by atoms with Gasteiger partial charge in [0.15, 0.2) is 0 Å². The molecule has 4 heteroatoms. The van der Waals surface area contributed by atoms with Crippen LogP contribution in [0.5, 0.6) is 5.75 Å². The Balaban J connectivity index is 1.84. The van der Waals surface area contributed by atoms with E-state index in [9.17, 15) is 4.79 Å². The average molecular weight is 302 g/mol. The smallest absolute Gasteiger partial charge is 0.255 e. The van der Waals surface area contributed by atoms with Gasteiger partial charge in [-0.2, -0.15) is 0 Å². The summed E-state index contributed by atoms with van der Waals surface area (Å²) >= 11 is 6.50. The van der Waals surface area contributed by atoms with Crippen LogP contribution in [0, 0.1) is 0 Å². The number of amides is 1. The lowest BCUT2D eigenvalue weighted by Gasteiger charge is -2.13. The van der Waals surface area contributed by atoms with Crippen molar-refractivity contribution in [2.24, 2.45) is 0 Å². The van der Waals surface area contributed by atoms with Crippen LogP contribution in [0.15, 0.2) is 48.5 Å². The van der Waals surface area contributed by atoms with Crippen LogP contribution in [-0.2, 0) is 6.42 Å². The van der Waals surface area contributed by atoms with Gasteiger partial charge >= 0.3 is 0 Å². The maximum Gasteiger partial charge on any atom is 0.255 e. The Labute approximate surface area is 128 Å². The molecule has 0 aromatic heterocycles. The van der Waals surface area contributed by atoms with Gasteiger partial charge in [-0.15, -0.1) is 11.6 Å². The maximum atomic E-state index is 12.0. The van der Waals surface area contributed by atoms with Crippen LogP contribution < -0.4 is 10.1 Å². The van der Waals surface area contributed by atoms with Gasteiger partial charge in [0.1, 0.15) is 12.4 Å². The van der Waals surface area contributed by atoms with Crippen LogP contribution in [-0.4, -0.2) is 19.1 Å². The van der Waals surface area contributed by atoms with Crippen molar-refractivity contribution in [3.05, 3.63) is 65.2 Å². The van der Waals surface area contributed by atoms with Crippen LogP contribution in [0.4, 0.5) is 0 Å². The van der Waals surface area contributed by atoms with E-state index in [2.05, 4.69) is 17.4 Å². The number of halogens is 1. The maximum absolute atomic E-state index is 12.0.